The first-order chi connectivity index (χ1) is 12.0. The SMILES string of the molecule is CCOc1cc(CNC(=O)C2(CN)CCOCC2)ccc1OC(F)F. The van der Waals surface area contributed by atoms with Crippen LogP contribution in [0.3, 0.4) is 0 Å². The van der Waals surface area contributed by atoms with Gasteiger partial charge < -0.3 is 25.3 Å². The summed E-state index contributed by atoms with van der Waals surface area (Å²) in [6.45, 7) is 0.659. The average molecular weight is 358 g/mol. The lowest BCUT2D eigenvalue weighted by atomic mass is 9.79. The number of benzene rings is 1. The zero-order valence-electron chi connectivity index (χ0n) is 14.2. The molecular formula is C17H24F2N2O4. The van der Waals surface area contributed by atoms with E-state index in [2.05, 4.69) is 10.1 Å². The number of carbonyl (C=O) groups excluding carboxylic acids is 1. The van der Waals surface area contributed by atoms with Crippen LogP contribution in [0.4, 0.5) is 8.78 Å². The maximum absolute atomic E-state index is 12.5. The molecule has 1 aliphatic heterocycles. The monoisotopic (exact) mass is 358 g/mol. The maximum Gasteiger partial charge on any atom is 0.387 e. The molecule has 3 N–H and O–H groups in total. The van der Waals surface area contributed by atoms with Crippen molar-refractivity contribution in [3.8, 4) is 11.5 Å². The Morgan fingerprint density at radius 1 is 1.36 bits per heavy atom. The Morgan fingerprint density at radius 2 is 2.08 bits per heavy atom. The van der Waals surface area contributed by atoms with Gasteiger partial charge in [0.15, 0.2) is 11.5 Å². The first-order valence-corrected chi connectivity index (χ1v) is 8.27. The van der Waals surface area contributed by atoms with E-state index in [-0.39, 0.29) is 30.5 Å². The highest BCUT2D eigenvalue weighted by Gasteiger charge is 2.38. The van der Waals surface area contributed by atoms with E-state index in [1.807, 2.05) is 0 Å². The van der Waals surface area contributed by atoms with Crippen LogP contribution in [0, 0.1) is 5.41 Å². The Morgan fingerprint density at radius 3 is 2.68 bits per heavy atom. The number of halogens is 2. The third-order valence-electron chi connectivity index (χ3n) is 4.30. The number of nitrogens with one attached hydrogen (secondary N) is 1. The van der Waals surface area contributed by atoms with Gasteiger partial charge >= 0.3 is 6.61 Å². The molecule has 0 bridgehead atoms. The van der Waals surface area contributed by atoms with Crippen molar-refractivity contribution in [3.63, 3.8) is 0 Å². The predicted octanol–water partition coefficient (Wildman–Crippen LogP) is 2.06. The highest BCUT2D eigenvalue weighted by molar-refractivity contribution is 5.83. The van der Waals surface area contributed by atoms with E-state index >= 15 is 0 Å². The molecule has 0 unspecified atom stereocenters. The minimum absolute atomic E-state index is 0.0326. The molecule has 140 valence electrons. The number of hydrogen-bond acceptors (Lipinski definition) is 5. The van der Waals surface area contributed by atoms with Gasteiger partial charge in [-0.2, -0.15) is 8.78 Å². The highest BCUT2D eigenvalue weighted by atomic mass is 19.3. The molecule has 0 aromatic heterocycles. The zero-order valence-corrected chi connectivity index (χ0v) is 14.2. The molecule has 1 heterocycles. The molecule has 1 aromatic carbocycles. The van der Waals surface area contributed by atoms with E-state index in [1.165, 1.54) is 6.07 Å². The van der Waals surface area contributed by atoms with Gasteiger partial charge in [-0.05, 0) is 37.5 Å². The Kier molecular flexibility index (Phi) is 6.95. The Bertz CT molecular complexity index is 578. The second-order valence-corrected chi connectivity index (χ2v) is 5.87. The summed E-state index contributed by atoms with van der Waals surface area (Å²) >= 11 is 0. The highest BCUT2D eigenvalue weighted by Crippen LogP contribution is 2.31. The van der Waals surface area contributed by atoms with Crippen LogP contribution in [-0.2, 0) is 16.1 Å². The van der Waals surface area contributed by atoms with Crippen LogP contribution in [0.25, 0.3) is 0 Å². The van der Waals surface area contributed by atoms with Gasteiger partial charge in [0.25, 0.3) is 0 Å². The van der Waals surface area contributed by atoms with Crippen LogP contribution in [-0.4, -0.2) is 38.9 Å². The number of ether oxygens (including phenoxy) is 3. The molecule has 1 aromatic rings. The summed E-state index contributed by atoms with van der Waals surface area (Å²) in [7, 11) is 0. The Labute approximate surface area is 145 Å². The number of carbonyl (C=O) groups is 1. The van der Waals surface area contributed by atoms with Gasteiger partial charge in [-0.3, -0.25) is 4.79 Å². The largest absolute Gasteiger partial charge is 0.490 e. The van der Waals surface area contributed by atoms with Gasteiger partial charge in [0.2, 0.25) is 5.91 Å². The van der Waals surface area contributed by atoms with Gasteiger partial charge in [0, 0.05) is 26.3 Å². The fraction of sp³-hybridized carbons (Fsp3) is 0.588. The fourth-order valence-corrected chi connectivity index (χ4v) is 2.78. The molecule has 25 heavy (non-hydrogen) atoms. The summed E-state index contributed by atoms with van der Waals surface area (Å²) in [5.74, 6) is 0.0631. The lowest BCUT2D eigenvalue weighted by molar-refractivity contribution is -0.136. The van der Waals surface area contributed by atoms with Gasteiger partial charge in [0.05, 0.1) is 12.0 Å². The smallest absolute Gasteiger partial charge is 0.387 e. The standard InChI is InChI=1S/C17H24F2N2O4/c1-2-24-14-9-12(3-4-13(14)25-16(18)19)10-21-15(22)17(11-20)5-7-23-8-6-17/h3-4,9,16H,2,5-8,10-11,20H2,1H3,(H,21,22). The molecule has 0 atom stereocenters. The minimum Gasteiger partial charge on any atom is -0.490 e. The van der Waals surface area contributed by atoms with E-state index in [0.29, 0.717) is 32.7 Å². The van der Waals surface area contributed by atoms with Gasteiger partial charge in [-0.1, -0.05) is 6.07 Å². The summed E-state index contributed by atoms with van der Waals surface area (Å²) in [4.78, 5) is 12.5. The van der Waals surface area contributed by atoms with Gasteiger partial charge in [-0.15, -0.1) is 0 Å². The fourth-order valence-electron chi connectivity index (χ4n) is 2.78. The lowest BCUT2D eigenvalue weighted by Crippen LogP contribution is -2.48. The quantitative estimate of drug-likeness (QED) is 0.743. The van der Waals surface area contributed by atoms with Crippen LogP contribution in [0.5, 0.6) is 11.5 Å². The summed E-state index contributed by atoms with van der Waals surface area (Å²) < 4.78 is 39.9. The average Bonchev–Trinajstić information content (AvgIpc) is 2.62. The van der Waals surface area contributed by atoms with Crippen LogP contribution in [0.15, 0.2) is 18.2 Å². The molecule has 0 saturated carbocycles. The molecule has 0 aliphatic carbocycles. The number of rotatable bonds is 8. The molecule has 1 amide bonds. The third-order valence-corrected chi connectivity index (χ3v) is 4.30. The summed E-state index contributed by atoms with van der Waals surface area (Å²) in [6, 6.07) is 4.60. The second kappa shape index (κ2) is 8.96. The van der Waals surface area contributed by atoms with Gasteiger partial charge in [0.1, 0.15) is 0 Å². The number of alkyl halides is 2. The van der Waals surface area contributed by atoms with Crippen molar-refractivity contribution in [2.45, 2.75) is 32.9 Å². The Balaban J connectivity index is 2.04. The Hall–Kier alpha value is -1.93. The van der Waals surface area contributed by atoms with E-state index in [0.717, 1.165) is 5.56 Å². The normalized spacial score (nSPS) is 16.5. The summed E-state index contributed by atoms with van der Waals surface area (Å²) in [6.07, 6.45) is 1.17. The molecule has 2 rings (SSSR count). The van der Waals surface area contributed by atoms with E-state index in [1.54, 1.807) is 19.1 Å². The first kappa shape index (κ1) is 19.4. The van der Waals surface area contributed by atoms with E-state index in [9.17, 15) is 13.6 Å². The molecule has 0 radical (unpaired) electrons. The van der Waals surface area contributed by atoms with Crippen molar-refractivity contribution < 1.29 is 27.8 Å². The topological polar surface area (TPSA) is 82.8 Å². The third kappa shape index (κ3) is 5.02. The van der Waals surface area contributed by atoms with Crippen molar-refractivity contribution in [1.29, 1.82) is 0 Å². The second-order valence-electron chi connectivity index (χ2n) is 5.87. The number of nitrogens with two attached hydrogens (primary N) is 1. The van der Waals surface area contributed by atoms with Crippen molar-refractivity contribution in [2.24, 2.45) is 11.1 Å². The molecular weight excluding hydrogens is 334 g/mol. The van der Waals surface area contributed by atoms with Crippen molar-refractivity contribution >= 4 is 5.91 Å². The van der Waals surface area contributed by atoms with Crippen molar-refractivity contribution in [3.05, 3.63) is 23.8 Å². The molecule has 1 fully saturated rings. The molecule has 1 aliphatic rings. The van der Waals surface area contributed by atoms with Crippen LogP contribution in [0.1, 0.15) is 25.3 Å². The van der Waals surface area contributed by atoms with Crippen LogP contribution < -0.4 is 20.5 Å². The molecule has 8 heteroatoms. The number of hydrogen-bond donors (Lipinski definition) is 2. The van der Waals surface area contributed by atoms with Gasteiger partial charge in [-0.25, -0.2) is 0 Å². The molecule has 0 spiro atoms. The molecule has 6 nitrogen and oxygen atoms in total. The number of amides is 1. The predicted molar refractivity (Wildman–Crippen MR) is 87.6 cm³/mol. The summed E-state index contributed by atoms with van der Waals surface area (Å²) in [5, 5.41) is 2.87. The first-order valence-electron chi connectivity index (χ1n) is 8.27. The van der Waals surface area contributed by atoms with E-state index < -0.39 is 12.0 Å². The summed E-state index contributed by atoms with van der Waals surface area (Å²) in [5.41, 5.74) is 5.92. The maximum atomic E-state index is 12.5. The minimum atomic E-state index is -2.93. The van der Waals surface area contributed by atoms with E-state index in [4.69, 9.17) is 15.2 Å². The van der Waals surface area contributed by atoms with Crippen molar-refractivity contribution in [2.75, 3.05) is 26.4 Å². The van der Waals surface area contributed by atoms with Crippen molar-refractivity contribution in [1.82, 2.24) is 5.32 Å². The van der Waals surface area contributed by atoms with Crippen LogP contribution in [0.2, 0.25) is 0 Å². The molecule has 1 saturated heterocycles. The van der Waals surface area contributed by atoms with Crippen LogP contribution >= 0.6 is 0 Å². The zero-order chi connectivity index (χ0) is 18.3. The lowest BCUT2D eigenvalue weighted by Gasteiger charge is -2.34.